The van der Waals surface area contributed by atoms with E-state index in [1.807, 2.05) is 31.3 Å². The summed E-state index contributed by atoms with van der Waals surface area (Å²) in [6, 6.07) is 10.9. The van der Waals surface area contributed by atoms with E-state index in [0.29, 0.717) is 26.6 Å². The van der Waals surface area contributed by atoms with E-state index < -0.39 is 0 Å². The second kappa shape index (κ2) is 6.49. The number of nitrogens with one attached hydrogen (secondary N) is 1. The fraction of sp³-hybridized carbons (Fsp3) is 0.143. The van der Waals surface area contributed by atoms with E-state index in [4.69, 9.17) is 39.5 Å². The van der Waals surface area contributed by atoms with Gasteiger partial charge in [0.25, 0.3) is 0 Å². The van der Waals surface area contributed by atoms with E-state index in [0.717, 1.165) is 6.54 Å². The Hall–Kier alpha value is -0.930. The van der Waals surface area contributed by atoms with Gasteiger partial charge in [0.15, 0.2) is 0 Å². The molecule has 2 aromatic carbocycles. The van der Waals surface area contributed by atoms with Gasteiger partial charge in [-0.3, -0.25) is 0 Å². The molecule has 1 N–H and O–H groups in total. The van der Waals surface area contributed by atoms with E-state index in [1.54, 1.807) is 12.1 Å². The quantitative estimate of drug-likeness (QED) is 0.787. The summed E-state index contributed by atoms with van der Waals surface area (Å²) in [4.78, 5) is 0. The average molecular weight is 317 g/mol. The minimum absolute atomic E-state index is 0.406. The van der Waals surface area contributed by atoms with Crippen molar-refractivity contribution in [1.29, 1.82) is 0 Å². The molecule has 0 heterocycles. The molecule has 5 heteroatoms. The van der Waals surface area contributed by atoms with E-state index in [9.17, 15) is 0 Å². The second-order valence-electron chi connectivity index (χ2n) is 3.97. The molecule has 0 bridgehead atoms. The van der Waals surface area contributed by atoms with Crippen molar-refractivity contribution in [3.63, 3.8) is 0 Å². The van der Waals surface area contributed by atoms with Gasteiger partial charge in [0.2, 0.25) is 0 Å². The predicted molar refractivity (Wildman–Crippen MR) is 80.8 cm³/mol. The lowest BCUT2D eigenvalue weighted by molar-refractivity contribution is 0.482. The number of rotatable bonds is 4. The summed E-state index contributed by atoms with van der Waals surface area (Å²) in [6.45, 7) is 0.813. The highest BCUT2D eigenvalue weighted by atomic mass is 35.5. The standard InChI is InChI=1S/C14H12Cl3NO/c1-18-8-9-2-4-10(5-3-9)19-14-7-12(16)11(15)6-13(14)17/h2-7,18H,8H2,1H3. The van der Waals surface area contributed by atoms with E-state index >= 15 is 0 Å². The van der Waals surface area contributed by atoms with Crippen LogP contribution in [-0.2, 0) is 6.54 Å². The molecule has 2 rings (SSSR count). The first-order chi connectivity index (χ1) is 9.10. The lowest BCUT2D eigenvalue weighted by Gasteiger charge is -2.09. The second-order valence-corrected chi connectivity index (χ2v) is 5.19. The maximum Gasteiger partial charge on any atom is 0.147 e. The molecule has 0 fully saturated rings. The minimum Gasteiger partial charge on any atom is -0.456 e. The first kappa shape index (κ1) is 14.5. The molecular weight excluding hydrogens is 305 g/mol. The molecule has 0 spiro atoms. The zero-order valence-electron chi connectivity index (χ0n) is 10.2. The highest BCUT2D eigenvalue weighted by Crippen LogP contribution is 2.36. The number of halogens is 3. The number of ether oxygens (including phenoxy) is 1. The van der Waals surface area contributed by atoms with Crippen LogP contribution in [0.2, 0.25) is 15.1 Å². The molecule has 0 saturated carbocycles. The highest BCUT2D eigenvalue weighted by Gasteiger charge is 2.08. The van der Waals surface area contributed by atoms with Crippen molar-refractivity contribution in [2.24, 2.45) is 0 Å². The molecule has 2 aromatic rings. The summed E-state index contributed by atoms with van der Waals surface area (Å²) in [7, 11) is 1.90. The maximum atomic E-state index is 6.05. The lowest BCUT2D eigenvalue weighted by Crippen LogP contribution is -2.04. The summed E-state index contributed by atoms with van der Waals surface area (Å²) < 4.78 is 5.68. The van der Waals surface area contributed by atoms with Crippen LogP contribution < -0.4 is 10.1 Å². The van der Waals surface area contributed by atoms with Crippen molar-refractivity contribution in [3.05, 3.63) is 57.0 Å². The van der Waals surface area contributed by atoms with Gasteiger partial charge in [-0.15, -0.1) is 0 Å². The van der Waals surface area contributed by atoms with Crippen LogP contribution in [0.3, 0.4) is 0 Å². The highest BCUT2D eigenvalue weighted by molar-refractivity contribution is 6.43. The fourth-order valence-electron chi connectivity index (χ4n) is 1.59. The van der Waals surface area contributed by atoms with Crippen LogP contribution in [0, 0.1) is 0 Å². The Kier molecular flexibility index (Phi) is 4.94. The van der Waals surface area contributed by atoms with E-state index in [2.05, 4.69) is 5.32 Å². The van der Waals surface area contributed by atoms with Gasteiger partial charge < -0.3 is 10.1 Å². The van der Waals surface area contributed by atoms with Crippen LogP contribution in [0.5, 0.6) is 11.5 Å². The Balaban J connectivity index is 2.19. The Labute approximate surface area is 127 Å². The molecular formula is C14H12Cl3NO. The largest absolute Gasteiger partial charge is 0.456 e. The molecule has 0 aromatic heterocycles. The van der Waals surface area contributed by atoms with Crippen LogP contribution in [0.1, 0.15) is 5.56 Å². The van der Waals surface area contributed by atoms with Crippen LogP contribution in [0.15, 0.2) is 36.4 Å². The summed E-state index contributed by atoms with van der Waals surface area (Å²) >= 11 is 17.9. The van der Waals surface area contributed by atoms with Crippen LogP contribution in [-0.4, -0.2) is 7.05 Å². The van der Waals surface area contributed by atoms with Gasteiger partial charge in [0.1, 0.15) is 11.5 Å². The van der Waals surface area contributed by atoms with Gasteiger partial charge in [0.05, 0.1) is 15.1 Å². The lowest BCUT2D eigenvalue weighted by atomic mass is 10.2. The van der Waals surface area contributed by atoms with E-state index in [-0.39, 0.29) is 0 Å². The van der Waals surface area contributed by atoms with Gasteiger partial charge in [-0.2, -0.15) is 0 Å². The predicted octanol–water partition coefficient (Wildman–Crippen LogP) is 5.16. The Morgan fingerprint density at radius 2 is 1.58 bits per heavy atom. The molecule has 0 saturated heterocycles. The number of hydrogen-bond acceptors (Lipinski definition) is 2. The maximum absolute atomic E-state index is 6.05. The van der Waals surface area contributed by atoms with Crippen molar-refractivity contribution >= 4 is 34.8 Å². The molecule has 0 aliphatic rings. The summed E-state index contributed by atoms with van der Waals surface area (Å²) in [5, 5.41) is 4.32. The number of benzene rings is 2. The van der Waals surface area contributed by atoms with Gasteiger partial charge >= 0.3 is 0 Å². The fourth-order valence-corrected chi connectivity index (χ4v) is 2.16. The molecule has 0 aliphatic heterocycles. The zero-order chi connectivity index (χ0) is 13.8. The topological polar surface area (TPSA) is 21.3 Å². The van der Waals surface area contributed by atoms with Gasteiger partial charge in [-0.1, -0.05) is 46.9 Å². The van der Waals surface area contributed by atoms with Crippen molar-refractivity contribution in [2.45, 2.75) is 6.54 Å². The average Bonchev–Trinajstić information content (AvgIpc) is 2.38. The molecule has 100 valence electrons. The number of hydrogen-bond donors (Lipinski definition) is 1. The van der Waals surface area contributed by atoms with E-state index in [1.165, 1.54) is 5.56 Å². The molecule has 0 amide bonds. The third-order valence-corrected chi connectivity index (χ3v) is 3.52. The van der Waals surface area contributed by atoms with Gasteiger partial charge in [0, 0.05) is 12.6 Å². The molecule has 0 unspecified atom stereocenters. The van der Waals surface area contributed by atoms with Crippen LogP contribution >= 0.6 is 34.8 Å². The molecule has 0 radical (unpaired) electrons. The Morgan fingerprint density at radius 1 is 0.947 bits per heavy atom. The normalized spacial score (nSPS) is 10.5. The van der Waals surface area contributed by atoms with Crippen LogP contribution in [0.25, 0.3) is 0 Å². The van der Waals surface area contributed by atoms with Crippen molar-refractivity contribution in [3.8, 4) is 11.5 Å². The monoisotopic (exact) mass is 315 g/mol. The van der Waals surface area contributed by atoms with Gasteiger partial charge in [-0.05, 0) is 30.8 Å². The Morgan fingerprint density at radius 3 is 2.21 bits per heavy atom. The van der Waals surface area contributed by atoms with Crippen molar-refractivity contribution in [1.82, 2.24) is 5.32 Å². The third kappa shape index (κ3) is 3.77. The van der Waals surface area contributed by atoms with Gasteiger partial charge in [-0.25, -0.2) is 0 Å². The van der Waals surface area contributed by atoms with Crippen molar-refractivity contribution < 1.29 is 4.74 Å². The SMILES string of the molecule is CNCc1ccc(Oc2cc(Cl)c(Cl)cc2Cl)cc1. The summed E-state index contributed by atoms with van der Waals surface area (Å²) in [5.74, 6) is 1.18. The molecule has 19 heavy (non-hydrogen) atoms. The third-order valence-electron chi connectivity index (χ3n) is 2.51. The summed E-state index contributed by atoms with van der Waals surface area (Å²) in [6.07, 6.45) is 0. The first-order valence-corrected chi connectivity index (χ1v) is 6.79. The zero-order valence-corrected chi connectivity index (χ0v) is 12.5. The molecule has 2 nitrogen and oxygen atoms in total. The Bertz CT molecular complexity index is 570. The summed E-state index contributed by atoms with van der Waals surface area (Å²) in [5.41, 5.74) is 1.18. The smallest absolute Gasteiger partial charge is 0.147 e. The molecule has 0 atom stereocenters. The first-order valence-electron chi connectivity index (χ1n) is 5.66. The minimum atomic E-state index is 0.406. The van der Waals surface area contributed by atoms with Crippen LogP contribution in [0.4, 0.5) is 0 Å². The molecule has 0 aliphatic carbocycles. The van der Waals surface area contributed by atoms with Crippen molar-refractivity contribution in [2.75, 3.05) is 7.05 Å².